The van der Waals surface area contributed by atoms with Gasteiger partial charge in [0.15, 0.2) is 11.5 Å². The summed E-state index contributed by atoms with van der Waals surface area (Å²) >= 11 is 0. The third-order valence-corrected chi connectivity index (χ3v) is 6.60. The molecule has 1 unspecified atom stereocenters. The molecule has 11 nitrogen and oxygen atoms in total. The van der Waals surface area contributed by atoms with Gasteiger partial charge < -0.3 is 23.9 Å². The highest BCUT2D eigenvalue weighted by atomic mass is 31.2. The number of imidazole rings is 1. The van der Waals surface area contributed by atoms with E-state index in [1.807, 2.05) is 24.5 Å². The number of hydrogen-bond acceptors (Lipinski definition) is 9. The number of aromatic nitrogens is 4. The van der Waals surface area contributed by atoms with Crippen LogP contribution in [0, 0.1) is 0 Å². The normalized spacial score (nSPS) is 14.9. The minimum absolute atomic E-state index is 0.257. The second-order valence-corrected chi connectivity index (χ2v) is 10.4. The van der Waals surface area contributed by atoms with E-state index in [9.17, 15) is 9.36 Å². The zero-order chi connectivity index (χ0) is 25.4. The molecular formula is C23H33N6O5P. The van der Waals surface area contributed by atoms with Crippen LogP contribution in [0.4, 0.5) is 5.82 Å². The average molecular weight is 505 g/mol. The summed E-state index contributed by atoms with van der Waals surface area (Å²) in [5.41, 5.74) is 1.33. The molecule has 0 aliphatic heterocycles. The van der Waals surface area contributed by atoms with Crippen LogP contribution < -0.4 is 14.9 Å². The van der Waals surface area contributed by atoms with Gasteiger partial charge in [-0.15, -0.1) is 0 Å². The molecule has 3 atom stereocenters. The number of fused-ring (bicyclic) bond motifs is 1. The van der Waals surface area contributed by atoms with Gasteiger partial charge in [0.2, 0.25) is 0 Å². The van der Waals surface area contributed by atoms with Gasteiger partial charge in [0.25, 0.3) is 0 Å². The maximum absolute atomic E-state index is 13.7. The lowest BCUT2D eigenvalue weighted by Crippen LogP contribution is -2.37. The molecule has 3 aromatic rings. The minimum Gasteiger partial charge on any atom is -0.462 e. The molecule has 0 amide bonds. The maximum Gasteiger partial charge on any atom is 0.342 e. The summed E-state index contributed by atoms with van der Waals surface area (Å²) in [5.74, 6) is 0.542. The van der Waals surface area contributed by atoms with E-state index in [-0.39, 0.29) is 18.6 Å². The number of nitrogens with zero attached hydrogens (tertiary/aromatic N) is 4. The van der Waals surface area contributed by atoms with E-state index in [2.05, 4.69) is 25.4 Å². The molecule has 190 valence electrons. The number of hydrogen-bond donors (Lipinski definition) is 2. The summed E-state index contributed by atoms with van der Waals surface area (Å²) in [6.45, 7) is 10.0. The standard InChI is InChI=1S/C23H33N6O5P/c1-6-24-21-20-22(26-13-25-21)29(14-27-20)12-17(4)32-15-35(31,34-19-10-8-7-9-11-19)28-18(5)23(30)33-16(2)3/h7-11,13-14,16-18H,6,12,15H2,1-5H3,(H,28,31)(H,24,25,26)/t17-,18+,35?/m1/s1. The first-order chi connectivity index (χ1) is 16.7. The van der Waals surface area contributed by atoms with Crippen molar-refractivity contribution in [3.63, 3.8) is 0 Å². The van der Waals surface area contributed by atoms with Crippen LogP contribution in [0.3, 0.4) is 0 Å². The smallest absolute Gasteiger partial charge is 0.342 e. The monoisotopic (exact) mass is 504 g/mol. The van der Waals surface area contributed by atoms with Gasteiger partial charge in [-0.05, 0) is 46.8 Å². The van der Waals surface area contributed by atoms with Crippen molar-refractivity contribution in [2.75, 3.05) is 18.2 Å². The van der Waals surface area contributed by atoms with Gasteiger partial charge in [0.05, 0.1) is 25.1 Å². The van der Waals surface area contributed by atoms with Crippen molar-refractivity contribution in [2.45, 2.75) is 59.4 Å². The summed E-state index contributed by atoms with van der Waals surface area (Å²) < 4.78 is 32.5. The van der Waals surface area contributed by atoms with Crippen molar-refractivity contribution in [1.29, 1.82) is 0 Å². The van der Waals surface area contributed by atoms with E-state index in [0.29, 0.717) is 35.8 Å². The van der Waals surface area contributed by atoms with Gasteiger partial charge >= 0.3 is 13.5 Å². The molecule has 1 aromatic carbocycles. The number of ether oxygens (including phenoxy) is 2. The molecule has 0 bridgehead atoms. The van der Waals surface area contributed by atoms with E-state index in [4.69, 9.17) is 14.0 Å². The molecule has 2 heterocycles. The van der Waals surface area contributed by atoms with E-state index >= 15 is 0 Å². The van der Waals surface area contributed by atoms with Crippen molar-refractivity contribution < 1.29 is 23.4 Å². The Kier molecular flexibility index (Phi) is 9.20. The van der Waals surface area contributed by atoms with Crippen LogP contribution in [0.25, 0.3) is 11.2 Å². The average Bonchev–Trinajstić information content (AvgIpc) is 3.22. The van der Waals surface area contributed by atoms with Crippen LogP contribution in [-0.4, -0.2) is 56.6 Å². The van der Waals surface area contributed by atoms with Crippen LogP contribution in [0.2, 0.25) is 0 Å². The number of para-hydroxylation sites is 1. The van der Waals surface area contributed by atoms with Crippen LogP contribution in [-0.2, 0) is 25.4 Å². The number of carbonyl (C=O) groups is 1. The van der Waals surface area contributed by atoms with Crippen molar-refractivity contribution in [3.05, 3.63) is 43.0 Å². The SMILES string of the molecule is CCNc1ncnc2c1ncn2C[C@@H](C)OCP(=O)(N[C@@H](C)C(=O)OC(C)C)Oc1ccccc1. The molecule has 0 saturated carbocycles. The number of rotatable bonds is 13. The Hall–Kier alpha value is -3.01. The zero-order valence-corrected chi connectivity index (χ0v) is 21.6. The van der Waals surface area contributed by atoms with Crippen molar-refractivity contribution in [3.8, 4) is 5.75 Å². The highest BCUT2D eigenvalue weighted by molar-refractivity contribution is 7.57. The fraction of sp³-hybridized carbons (Fsp3) is 0.478. The van der Waals surface area contributed by atoms with Crippen LogP contribution >= 0.6 is 7.52 Å². The predicted octanol–water partition coefficient (Wildman–Crippen LogP) is 3.82. The molecule has 0 aliphatic rings. The molecule has 0 spiro atoms. The van der Waals surface area contributed by atoms with Crippen LogP contribution in [0.5, 0.6) is 5.75 Å². The molecule has 0 fully saturated rings. The molecule has 2 aromatic heterocycles. The Morgan fingerprint density at radius 2 is 1.86 bits per heavy atom. The molecule has 3 rings (SSSR count). The number of anilines is 1. The lowest BCUT2D eigenvalue weighted by molar-refractivity contribution is -0.149. The maximum atomic E-state index is 13.7. The Bertz CT molecular complexity index is 1160. The molecule has 0 saturated heterocycles. The van der Waals surface area contributed by atoms with E-state index < -0.39 is 19.5 Å². The third-order valence-electron chi connectivity index (χ3n) is 4.82. The summed E-state index contributed by atoms with van der Waals surface area (Å²) in [4.78, 5) is 25.3. The Morgan fingerprint density at radius 3 is 2.54 bits per heavy atom. The van der Waals surface area contributed by atoms with Gasteiger partial charge in [0, 0.05) is 6.54 Å². The van der Waals surface area contributed by atoms with Crippen molar-refractivity contribution in [1.82, 2.24) is 24.6 Å². The van der Waals surface area contributed by atoms with Crippen molar-refractivity contribution >= 4 is 30.5 Å². The van der Waals surface area contributed by atoms with Gasteiger partial charge in [-0.25, -0.2) is 20.0 Å². The van der Waals surface area contributed by atoms with Crippen molar-refractivity contribution in [2.24, 2.45) is 0 Å². The van der Waals surface area contributed by atoms with Gasteiger partial charge in [0.1, 0.15) is 30.0 Å². The van der Waals surface area contributed by atoms with Crippen LogP contribution in [0.15, 0.2) is 43.0 Å². The fourth-order valence-corrected chi connectivity index (χ4v) is 5.08. The summed E-state index contributed by atoms with van der Waals surface area (Å²) in [6.07, 6.45) is 2.24. The lowest BCUT2D eigenvalue weighted by Gasteiger charge is -2.25. The molecule has 0 aliphatic carbocycles. The molecule has 12 heteroatoms. The van der Waals surface area contributed by atoms with Gasteiger partial charge in [-0.3, -0.25) is 9.36 Å². The predicted molar refractivity (Wildman–Crippen MR) is 133 cm³/mol. The quantitative estimate of drug-likeness (QED) is 0.262. The summed E-state index contributed by atoms with van der Waals surface area (Å²) in [6, 6.07) is 7.89. The number of carbonyl (C=O) groups excluding carboxylic acids is 1. The number of benzene rings is 1. The lowest BCUT2D eigenvalue weighted by atomic mass is 10.3. The number of nitrogens with one attached hydrogen (secondary N) is 2. The number of esters is 1. The molecule has 35 heavy (non-hydrogen) atoms. The molecule has 0 radical (unpaired) electrons. The van der Waals surface area contributed by atoms with E-state index in [1.54, 1.807) is 51.4 Å². The zero-order valence-electron chi connectivity index (χ0n) is 20.7. The topological polar surface area (TPSA) is 129 Å². The Morgan fingerprint density at radius 1 is 1.11 bits per heavy atom. The minimum atomic E-state index is -3.64. The van der Waals surface area contributed by atoms with Crippen LogP contribution in [0.1, 0.15) is 34.6 Å². The first-order valence-corrected chi connectivity index (χ1v) is 13.3. The van der Waals surface area contributed by atoms with Gasteiger partial charge in [-0.2, -0.15) is 0 Å². The third kappa shape index (κ3) is 7.48. The molecule has 2 N–H and O–H groups in total. The van der Waals surface area contributed by atoms with E-state index in [1.165, 1.54) is 6.33 Å². The fourth-order valence-electron chi connectivity index (χ4n) is 3.29. The largest absolute Gasteiger partial charge is 0.462 e. The first kappa shape index (κ1) is 26.6. The molecular weight excluding hydrogens is 471 g/mol. The van der Waals surface area contributed by atoms with E-state index in [0.717, 1.165) is 0 Å². The Balaban J connectivity index is 1.70. The summed E-state index contributed by atoms with van der Waals surface area (Å²) in [7, 11) is -3.64. The highest BCUT2D eigenvalue weighted by Gasteiger charge is 2.32. The van der Waals surface area contributed by atoms with Gasteiger partial charge in [-0.1, -0.05) is 18.2 Å². The first-order valence-electron chi connectivity index (χ1n) is 11.5. The second-order valence-electron chi connectivity index (χ2n) is 8.34. The highest BCUT2D eigenvalue weighted by Crippen LogP contribution is 2.44. The second kappa shape index (κ2) is 12.1. The summed E-state index contributed by atoms with van der Waals surface area (Å²) in [5, 5.41) is 5.96. The Labute approximate surface area is 205 Å².